The van der Waals surface area contributed by atoms with Crippen LogP contribution >= 0.6 is 0 Å². The van der Waals surface area contributed by atoms with Gasteiger partial charge in [0, 0.05) is 24.2 Å². The number of hydrogen-bond donors (Lipinski definition) is 1. The second-order valence-electron chi connectivity index (χ2n) is 5.88. The van der Waals surface area contributed by atoms with Crippen molar-refractivity contribution in [2.75, 3.05) is 13.2 Å². The molecule has 2 aromatic rings. The summed E-state index contributed by atoms with van der Waals surface area (Å²) in [6.07, 6.45) is 0. The molecule has 24 heavy (non-hydrogen) atoms. The number of fused-ring (bicyclic) bond motifs is 1. The van der Waals surface area contributed by atoms with E-state index in [1.165, 1.54) is 0 Å². The standard InChI is InChI=1S/C18H20N2O4/c1-12-3-5-15(10-16(12)20(21)22)13(2)19-11-14-4-6-17-18(9-14)24-8-7-23-17/h3-6,9-10,13,19H,7-8,11H2,1-2H3. The van der Waals surface area contributed by atoms with Crippen molar-refractivity contribution >= 4 is 5.69 Å². The van der Waals surface area contributed by atoms with Gasteiger partial charge in [0.05, 0.1) is 4.92 Å². The Morgan fingerprint density at radius 2 is 1.92 bits per heavy atom. The zero-order valence-electron chi connectivity index (χ0n) is 13.7. The van der Waals surface area contributed by atoms with Gasteiger partial charge >= 0.3 is 0 Å². The third kappa shape index (κ3) is 3.49. The Balaban J connectivity index is 1.68. The van der Waals surface area contributed by atoms with Crippen molar-refractivity contribution < 1.29 is 14.4 Å². The maximum atomic E-state index is 11.1. The number of ether oxygens (including phenoxy) is 2. The van der Waals surface area contributed by atoms with E-state index in [-0.39, 0.29) is 16.7 Å². The highest BCUT2D eigenvalue weighted by molar-refractivity contribution is 5.44. The Kier molecular flexibility index (Phi) is 4.66. The lowest BCUT2D eigenvalue weighted by Crippen LogP contribution is -2.19. The Morgan fingerprint density at radius 1 is 1.17 bits per heavy atom. The highest BCUT2D eigenvalue weighted by Gasteiger charge is 2.15. The van der Waals surface area contributed by atoms with Crippen LogP contribution in [0.25, 0.3) is 0 Å². The minimum atomic E-state index is -0.341. The molecule has 0 aliphatic carbocycles. The van der Waals surface area contributed by atoms with E-state index in [9.17, 15) is 10.1 Å². The van der Waals surface area contributed by atoms with Gasteiger partial charge in [-0.15, -0.1) is 0 Å². The van der Waals surface area contributed by atoms with E-state index in [2.05, 4.69) is 5.32 Å². The molecule has 126 valence electrons. The molecule has 6 heteroatoms. The number of rotatable bonds is 5. The van der Waals surface area contributed by atoms with Crippen molar-refractivity contribution in [3.8, 4) is 11.5 Å². The molecule has 1 unspecified atom stereocenters. The van der Waals surface area contributed by atoms with Gasteiger partial charge in [0.2, 0.25) is 0 Å². The number of hydrogen-bond acceptors (Lipinski definition) is 5. The smallest absolute Gasteiger partial charge is 0.272 e. The number of aryl methyl sites for hydroxylation is 1. The van der Waals surface area contributed by atoms with Gasteiger partial charge in [-0.3, -0.25) is 10.1 Å². The first-order chi connectivity index (χ1) is 11.5. The van der Waals surface area contributed by atoms with Gasteiger partial charge in [-0.2, -0.15) is 0 Å². The van der Waals surface area contributed by atoms with Gasteiger partial charge in [-0.1, -0.05) is 18.2 Å². The van der Waals surface area contributed by atoms with Crippen LogP contribution in [0.1, 0.15) is 29.7 Å². The van der Waals surface area contributed by atoms with E-state index < -0.39 is 0 Å². The molecule has 1 heterocycles. The molecule has 0 spiro atoms. The molecular formula is C18H20N2O4. The van der Waals surface area contributed by atoms with Crippen LogP contribution in [-0.4, -0.2) is 18.1 Å². The average molecular weight is 328 g/mol. The summed E-state index contributed by atoms with van der Waals surface area (Å²) >= 11 is 0. The number of nitro benzene ring substituents is 1. The Hall–Kier alpha value is -2.60. The van der Waals surface area contributed by atoms with Crippen molar-refractivity contribution in [3.05, 3.63) is 63.2 Å². The summed E-state index contributed by atoms with van der Waals surface area (Å²) in [5.41, 5.74) is 2.79. The highest BCUT2D eigenvalue weighted by atomic mass is 16.6. The van der Waals surface area contributed by atoms with Gasteiger partial charge in [0.1, 0.15) is 13.2 Å². The van der Waals surface area contributed by atoms with Crippen LogP contribution in [0.3, 0.4) is 0 Å². The molecule has 0 saturated carbocycles. The predicted molar refractivity (Wildman–Crippen MR) is 90.5 cm³/mol. The fourth-order valence-corrected chi connectivity index (χ4v) is 2.68. The third-order valence-electron chi connectivity index (χ3n) is 4.15. The average Bonchev–Trinajstić information content (AvgIpc) is 2.59. The predicted octanol–water partition coefficient (Wildman–Crippen LogP) is 3.53. The molecule has 2 aromatic carbocycles. The topological polar surface area (TPSA) is 73.6 Å². The van der Waals surface area contributed by atoms with E-state index >= 15 is 0 Å². The van der Waals surface area contributed by atoms with Gasteiger partial charge < -0.3 is 14.8 Å². The molecule has 0 amide bonds. The van der Waals surface area contributed by atoms with Crippen LogP contribution < -0.4 is 14.8 Å². The van der Waals surface area contributed by atoms with Gasteiger partial charge in [0.25, 0.3) is 5.69 Å². The minimum absolute atomic E-state index is 0.00231. The second-order valence-corrected chi connectivity index (χ2v) is 5.88. The van der Waals surface area contributed by atoms with Crippen molar-refractivity contribution in [1.29, 1.82) is 0 Å². The fourth-order valence-electron chi connectivity index (χ4n) is 2.68. The Labute approximate surface area is 140 Å². The summed E-state index contributed by atoms with van der Waals surface area (Å²) < 4.78 is 11.1. The highest BCUT2D eigenvalue weighted by Crippen LogP contribution is 2.31. The van der Waals surface area contributed by atoms with Crippen molar-refractivity contribution in [1.82, 2.24) is 5.32 Å². The zero-order valence-corrected chi connectivity index (χ0v) is 13.7. The molecule has 0 saturated heterocycles. The molecule has 1 aliphatic rings. The summed E-state index contributed by atoms with van der Waals surface area (Å²) in [5.74, 6) is 1.53. The summed E-state index contributed by atoms with van der Waals surface area (Å²) in [6.45, 7) is 5.52. The van der Waals surface area contributed by atoms with Crippen LogP contribution in [0.15, 0.2) is 36.4 Å². The number of nitrogens with one attached hydrogen (secondary N) is 1. The van der Waals surface area contributed by atoms with Crippen molar-refractivity contribution in [2.24, 2.45) is 0 Å². The van der Waals surface area contributed by atoms with Crippen molar-refractivity contribution in [3.63, 3.8) is 0 Å². The number of nitrogens with zero attached hydrogens (tertiary/aromatic N) is 1. The summed E-state index contributed by atoms with van der Waals surface area (Å²) in [6, 6.07) is 11.2. The summed E-state index contributed by atoms with van der Waals surface area (Å²) in [5, 5.41) is 14.5. The van der Waals surface area contributed by atoms with Crippen molar-refractivity contribution in [2.45, 2.75) is 26.4 Å². The third-order valence-corrected chi connectivity index (χ3v) is 4.15. The van der Waals surface area contributed by atoms with Gasteiger partial charge in [0.15, 0.2) is 11.5 Å². The number of nitro groups is 1. The van der Waals surface area contributed by atoms with Crippen LogP contribution in [0, 0.1) is 17.0 Å². The molecule has 0 fully saturated rings. The molecule has 1 aliphatic heterocycles. The minimum Gasteiger partial charge on any atom is -0.486 e. The molecule has 1 atom stereocenters. The molecule has 3 rings (SSSR count). The first-order valence-electron chi connectivity index (χ1n) is 7.91. The summed E-state index contributed by atoms with van der Waals surface area (Å²) in [4.78, 5) is 10.7. The van der Waals surface area contributed by atoms with Crippen LogP contribution in [-0.2, 0) is 6.54 Å². The summed E-state index contributed by atoms with van der Waals surface area (Å²) in [7, 11) is 0. The first kappa shape index (κ1) is 16.3. The Morgan fingerprint density at radius 3 is 2.67 bits per heavy atom. The zero-order chi connectivity index (χ0) is 17.1. The molecule has 0 radical (unpaired) electrons. The SMILES string of the molecule is Cc1ccc(C(C)NCc2ccc3c(c2)OCCO3)cc1[N+](=O)[O-]. The lowest BCUT2D eigenvalue weighted by molar-refractivity contribution is -0.385. The van der Waals surface area contributed by atoms with E-state index in [0.29, 0.717) is 25.3 Å². The Bertz CT molecular complexity index is 761. The molecular weight excluding hydrogens is 308 g/mol. The van der Waals surface area contributed by atoms with Gasteiger partial charge in [-0.05, 0) is 37.1 Å². The van der Waals surface area contributed by atoms with E-state index in [0.717, 1.165) is 22.6 Å². The maximum Gasteiger partial charge on any atom is 0.272 e. The lowest BCUT2D eigenvalue weighted by Gasteiger charge is -2.20. The normalized spacial score (nSPS) is 14.2. The molecule has 0 aromatic heterocycles. The van der Waals surface area contributed by atoms with E-state index in [4.69, 9.17) is 9.47 Å². The van der Waals surface area contributed by atoms with Gasteiger partial charge in [-0.25, -0.2) is 0 Å². The van der Waals surface area contributed by atoms with Crippen LogP contribution in [0.4, 0.5) is 5.69 Å². The van der Waals surface area contributed by atoms with Crippen LogP contribution in [0.2, 0.25) is 0 Å². The number of benzene rings is 2. The fraction of sp³-hybridized carbons (Fsp3) is 0.333. The van der Waals surface area contributed by atoms with E-state index in [1.807, 2.05) is 31.2 Å². The largest absolute Gasteiger partial charge is 0.486 e. The quantitative estimate of drug-likeness (QED) is 0.671. The first-order valence-corrected chi connectivity index (χ1v) is 7.91. The molecule has 0 bridgehead atoms. The second kappa shape index (κ2) is 6.88. The molecule has 1 N–H and O–H groups in total. The molecule has 6 nitrogen and oxygen atoms in total. The maximum absolute atomic E-state index is 11.1. The monoisotopic (exact) mass is 328 g/mol. The van der Waals surface area contributed by atoms with Crippen LogP contribution in [0.5, 0.6) is 11.5 Å². The van der Waals surface area contributed by atoms with E-state index in [1.54, 1.807) is 19.1 Å². The lowest BCUT2D eigenvalue weighted by atomic mass is 10.0.